The molecule has 0 atom stereocenters. The lowest BCUT2D eigenvalue weighted by molar-refractivity contribution is 0.628. The molecule has 0 aliphatic carbocycles. The summed E-state index contributed by atoms with van der Waals surface area (Å²) in [5.41, 5.74) is 0.737. The minimum Gasteiger partial charge on any atom is -0.378 e. The van der Waals surface area contributed by atoms with Crippen LogP contribution >= 0.6 is 22.9 Å². The van der Waals surface area contributed by atoms with Crippen molar-refractivity contribution in [1.82, 2.24) is 4.98 Å². The predicted octanol–water partition coefficient (Wildman–Crippen LogP) is 3.55. The van der Waals surface area contributed by atoms with E-state index in [0.717, 1.165) is 10.7 Å². The van der Waals surface area contributed by atoms with Crippen LogP contribution in [0.2, 0.25) is 4.34 Å². The molecule has 0 saturated heterocycles. The SMILES string of the molecule is Fc1cccc(NCc2ncc(Cl)s2)c1. The van der Waals surface area contributed by atoms with E-state index in [0.29, 0.717) is 10.9 Å². The fourth-order valence-electron chi connectivity index (χ4n) is 1.15. The quantitative estimate of drug-likeness (QED) is 0.891. The predicted molar refractivity (Wildman–Crippen MR) is 60.9 cm³/mol. The molecule has 1 N–H and O–H groups in total. The summed E-state index contributed by atoms with van der Waals surface area (Å²) in [4.78, 5) is 4.08. The van der Waals surface area contributed by atoms with Crippen LogP contribution in [0.1, 0.15) is 5.01 Å². The molecule has 0 unspecified atom stereocenters. The van der Waals surface area contributed by atoms with E-state index >= 15 is 0 Å². The number of anilines is 1. The Balaban J connectivity index is 1.99. The molecule has 1 aromatic heterocycles. The van der Waals surface area contributed by atoms with Crippen LogP contribution in [0, 0.1) is 5.82 Å². The van der Waals surface area contributed by atoms with Crippen LogP contribution in [-0.2, 0) is 6.54 Å². The largest absolute Gasteiger partial charge is 0.378 e. The molecule has 1 heterocycles. The molecule has 0 aliphatic heterocycles. The fraction of sp³-hybridized carbons (Fsp3) is 0.100. The van der Waals surface area contributed by atoms with Gasteiger partial charge in [-0.25, -0.2) is 9.37 Å². The van der Waals surface area contributed by atoms with Gasteiger partial charge in [-0.1, -0.05) is 17.7 Å². The normalized spacial score (nSPS) is 10.3. The smallest absolute Gasteiger partial charge is 0.125 e. The Morgan fingerprint density at radius 3 is 3.00 bits per heavy atom. The number of rotatable bonds is 3. The third kappa shape index (κ3) is 2.91. The van der Waals surface area contributed by atoms with Crippen molar-refractivity contribution in [2.45, 2.75) is 6.54 Å². The Morgan fingerprint density at radius 1 is 1.47 bits per heavy atom. The van der Waals surface area contributed by atoms with E-state index in [4.69, 9.17) is 11.6 Å². The number of nitrogens with one attached hydrogen (secondary N) is 1. The zero-order chi connectivity index (χ0) is 10.7. The van der Waals surface area contributed by atoms with Crippen molar-refractivity contribution in [3.8, 4) is 0 Å². The third-order valence-electron chi connectivity index (χ3n) is 1.79. The summed E-state index contributed by atoms with van der Waals surface area (Å²) in [7, 11) is 0. The number of halogens is 2. The number of hydrogen-bond donors (Lipinski definition) is 1. The van der Waals surface area contributed by atoms with E-state index in [1.807, 2.05) is 0 Å². The van der Waals surface area contributed by atoms with Gasteiger partial charge in [0.1, 0.15) is 15.2 Å². The molecule has 78 valence electrons. The van der Waals surface area contributed by atoms with Gasteiger partial charge in [0.2, 0.25) is 0 Å². The summed E-state index contributed by atoms with van der Waals surface area (Å²) >= 11 is 7.14. The Hall–Kier alpha value is -1.13. The molecule has 0 amide bonds. The van der Waals surface area contributed by atoms with E-state index in [1.165, 1.54) is 23.5 Å². The fourth-order valence-corrected chi connectivity index (χ4v) is 2.04. The first-order chi connectivity index (χ1) is 7.24. The summed E-state index contributed by atoms with van der Waals surface area (Å²) in [6.45, 7) is 0.556. The molecule has 0 saturated carbocycles. The summed E-state index contributed by atoms with van der Waals surface area (Å²) < 4.78 is 13.5. The highest BCUT2D eigenvalue weighted by atomic mass is 35.5. The molecule has 15 heavy (non-hydrogen) atoms. The van der Waals surface area contributed by atoms with Gasteiger partial charge < -0.3 is 5.32 Å². The molecule has 0 radical (unpaired) electrons. The zero-order valence-electron chi connectivity index (χ0n) is 7.71. The second-order valence-electron chi connectivity index (χ2n) is 2.92. The van der Waals surface area contributed by atoms with Crippen LogP contribution in [0.3, 0.4) is 0 Å². The second-order valence-corrected chi connectivity index (χ2v) is 4.67. The van der Waals surface area contributed by atoms with Crippen molar-refractivity contribution >= 4 is 28.6 Å². The maximum atomic E-state index is 12.8. The molecule has 2 nitrogen and oxygen atoms in total. The minimum atomic E-state index is -0.253. The number of benzene rings is 1. The highest BCUT2D eigenvalue weighted by Gasteiger charge is 2.00. The average Bonchev–Trinajstić information content (AvgIpc) is 2.62. The van der Waals surface area contributed by atoms with E-state index < -0.39 is 0 Å². The first-order valence-electron chi connectivity index (χ1n) is 4.34. The molecule has 1 aromatic carbocycles. The van der Waals surface area contributed by atoms with Crippen molar-refractivity contribution in [2.75, 3.05) is 5.32 Å². The molecule has 0 spiro atoms. The number of aromatic nitrogens is 1. The molecule has 0 aliphatic rings. The molecule has 2 aromatic rings. The molecular formula is C10H8ClFN2S. The maximum absolute atomic E-state index is 12.8. The summed E-state index contributed by atoms with van der Waals surface area (Å²) in [6, 6.07) is 6.31. The highest BCUT2D eigenvalue weighted by Crippen LogP contribution is 2.19. The first-order valence-corrected chi connectivity index (χ1v) is 5.53. The Labute approximate surface area is 95.7 Å². The van der Waals surface area contributed by atoms with E-state index in [9.17, 15) is 4.39 Å². The van der Waals surface area contributed by atoms with Gasteiger partial charge in [-0.15, -0.1) is 11.3 Å². The van der Waals surface area contributed by atoms with Gasteiger partial charge in [-0.2, -0.15) is 0 Å². The number of thiazole rings is 1. The zero-order valence-corrected chi connectivity index (χ0v) is 9.28. The number of hydrogen-bond acceptors (Lipinski definition) is 3. The van der Waals surface area contributed by atoms with Gasteiger partial charge in [-0.05, 0) is 18.2 Å². The summed E-state index contributed by atoms with van der Waals surface area (Å²) in [5.74, 6) is -0.253. The van der Waals surface area contributed by atoms with Gasteiger partial charge in [0, 0.05) is 5.69 Å². The third-order valence-corrected chi connectivity index (χ3v) is 2.91. The van der Waals surface area contributed by atoms with Gasteiger partial charge in [0.25, 0.3) is 0 Å². The standard InChI is InChI=1S/C10H8ClFN2S/c11-9-5-14-10(15-9)6-13-8-3-1-2-7(12)4-8/h1-5,13H,6H2. The lowest BCUT2D eigenvalue weighted by atomic mass is 10.3. The minimum absolute atomic E-state index is 0.253. The molecule has 0 bridgehead atoms. The van der Waals surface area contributed by atoms with Crippen LogP contribution < -0.4 is 5.32 Å². The van der Waals surface area contributed by atoms with Gasteiger partial charge in [-0.3, -0.25) is 0 Å². The second kappa shape index (κ2) is 4.59. The van der Waals surface area contributed by atoms with Gasteiger partial charge in [0.15, 0.2) is 0 Å². The molecule has 5 heteroatoms. The number of nitrogens with zero attached hydrogens (tertiary/aromatic N) is 1. The van der Waals surface area contributed by atoms with E-state index in [-0.39, 0.29) is 5.82 Å². The van der Waals surface area contributed by atoms with Crippen molar-refractivity contribution in [1.29, 1.82) is 0 Å². The van der Waals surface area contributed by atoms with Crippen LogP contribution in [0.5, 0.6) is 0 Å². The van der Waals surface area contributed by atoms with E-state index in [2.05, 4.69) is 10.3 Å². The van der Waals surface area contributed by atoms with E-state index in [1.54, 1.807) is 18.3 Å². The van der Waals surface area contributed by atoms with Crippen LogP contribution in [0.15, 0.2) is 30.5 Å². The maximum Gasteiger partial charge on any atom is 0.125 e. The summed E-state index contributed by atoms with van der Waals surface area (Å²) in [6.07, 6.45) is 1.61. The Kier molecular flexibility index (Phi) is 3.18. The van der Waals surface area contributed by atoms with Crippen LogP contribution in [0.4, 0.5) is 10.1 Å². The lowest BCUT2D eigenvalue weighted by Crippen LogP contribution is -1.98. The van der Waals surface area contributed by atoms with Crippen molar-refractivity contribution < 1.29 is 4.39 Å². The lowest BCUT2D eigenvalue weighted by Gasteiger charge is -2.03. The first kappa shape index (κ1) is 10.4. The average molecular weight is 243 g/mol. The Morgan fingerprint density at radius 2 is 2.33 bits per heavy atom. The molecular weight excluding hydrogens is 235 g/mol. The topological polar surface area (TPSA) is 24.9 Å². The van der Waals surface area contributed by atoms with Crippen molar-refractivity contribution in [3.05, 3.63) is 45.6 Å². The van der Waals surface area contributed by atoms with Crippen LogP contribution in [0.25, 0.3) is 0 Å². The monoisotopic (exact) mass is 242 g/mol. The Bertz CT molecular complexity index is 458. The molecule has 0 fully saturated rings. The van der Waals surface area contributed by atoms with Gasteiger partial charge in [0.05, 0.1) is 12.7 Å². The highest BCUT2D eigenvalue weighted by molar-refractivity contribution is 7.15. The molecule has 2 rings (SSSR count). The van der Waals surface area contributed by atoms with Crippen LogP contribution in [-0.4, -0.2) is 4.98 Å². The van der Waals surface area contributed by atoms with Crippen molar-refractivity contribution in [2.24, 2.45) is 0 Å². The summed E-state index contributed by atoms with van der Waals surface area (Å²) in [5, 5.41) is 3.94. The van der Waals surface area contributed by atoms with Gasteiger partial charge >= 0.3 is 0 Å². The van der Waals surface area contributed by atoms with Crippen molar-refractivity contribution in [3.63, 3.8) is 0 Å².